The van der Waals surface area contributed by atoms with Crippen LogP contribution in [-0.2, 0) is 0 Å². The van der Waals surface area contributed by atoms with Gasteiger partial charge in [-0.05, 0) is 43.1 Å². The summed E-state index contributed by atoms with van der Waals surface area (Å²) in [6, 6.07) is 0. The minimum Gasteiger partial charge on any atom is -0.330 e. The predicted octanol–water partition coefficient (Wildman–Crippen LogP) is 3.72. The van der Waals surface area contributed by atoms with Gasteiger partial charge in [0.1, 0.15) is 0 Å². The fourth-order valence-electron chi connectivity index (χ4n) is 4.05. The van der Waals surface area contributed by atoms with E-state index in [0.717, 1.165) is 18.4 Å². The van der Waals surface area contributed by atoms with Gasteiger partial charge in [-0.3, -0.25) is 0 Å². The number of hydrogen-bond acceptors (Lipinski definition) is 1. The van der Waals surface area contributed by atoms with Crippen LogP contribution in [0.5, 0.6) is 0 Å². The first kappa shape index (κ1) is 11.4. The van der Waals surface area contributed by atoms with E-state index in [1.807, 2.05) is 0 Å². The molecule has 0 aromatic carbocycles. The molecule has 2 fully saturated rings. The van der Waals surface area contributed by atoms with Crippen LogP contribution in [0.2, 0.25) is 0 Å². The summed E-state index contributed by atoms with van der Waals surface area (Å²) < 4.78 is 0. The van der Waals surface area contributed by atoms with E-state index in [0.29, 0.717) is 5.41 Å². The van der Waals surface area contributed by atoms with E-state index in [2.05, 4.69) is 6.92 Å². The van der Waals surface area contributed by atoms with E-state index in [9.17, 15) is 0 Å². The molecule has 0 spiro atoms. The first-order valence-electron chi connectivity index (χ1n) is 6.94. The van der Waals surface area contributed by atoms with Crippen molar-refractivity contribution in [3.8, 4) is 0 Å². The molecule has 0 saturated heterocycles. The number of rotatable bonds is 3. The first-order chi connectivity index (χ1) is 7.24. The molecule has 0 amide bonds. The largest absolute Gasteiger partial charge is 0.330 e. The lowest BCUT2D eigenvalue weighted by Crippen LogP contribution is -2.36. The van der Waals surface area contributed by atoms with Gasteiger partial charge < -0.3 is 5.73 Å². The van der Waals surface area contributed by atoms with Gasteiger partial charge >= 0.3 is 0 Å². The van der Waals surface area contributed by atoms with Crippen LogP contribution in [0.4, 0.5) is 0 Å². The number of hydrogen-bond donors (Lipinski definition) is 1. The zero-order valence-electron chi connectivity index (χ0n) is 10.3. The third kappa shape index (κ3) is 2.75. The normalized spacial score (nSPS) is 38.4. The van der Waals surface area contributed by atoms with Crippen molar-refractivity contribution in [2.75, 3.05) is 6.54 Å². The monoisotopic (exact) mass is 209 g/mol. The molecular formula is C14H27N. The van der Waals surface area contributed by atoms with Crippen LogP contribution in [0.25, 0.3) is 0 Å². The highest BCUT2D eigenvalue weighted by atomic mass is 14.6. The summed E-state index contributed by atoms with van der Waals surface area (Å²) in [5.41, 5.74) is 6.61. The number of nitrogens with two attached hydrogens (primary N) is 1. The molecule has 0 bridgehead atoms. The van der Waals surface area contributed by atoms with E-state index < -0.39 is 0 Å². The molecule has 2 saturated carbocycles. The lowest BCUT2D eigenvalue weighted by atomic mass is 9.66. The Bertz CT molecular complexity index is 196. The third-order valence-electron chi connectivity index (χ3n) is 4.81. The SMILES string of the molecule is CC1CCCC(CN)(CC2CCCC2)C1. The lowest BCUT2D eigenvalue weighted by molar-refractivity contribution is 0.118. The fraction of sp³-hybridized carbons (Fsp3) is 1.00. The molecular weight excluding hydrogens is 182 g/mol. The van der Waals surface area contributed by atoms with Crippen LogP contribution in [-0.4, -0.2) is 6.54 Å². The average molecular weight is 209 g/mol. The topological polar surface area (TPSA) is 26.0 Å². The molecule has 2 aliphatic carbocycles. The van der Waals surface area contributed by atoms with Crippen LogP contribution in [0.3, 0.4) is 0 Å². The highest BCUT2D eigenvalue weighted by Gasteiger charge is 2.36. The van der Waals surface area contributed by atoms with Crippen molar-refractivity contribution in [3.63, 3.8) is 0 Å². The molecule has 2 unspecified atom stereocenters. The second-order valence-electron chi connectivity index (χ2n) is 6.26. The third-order valence-corrected chi connectivity index (χ3v) is 4.81. The summed E-state index contributed by atoms with van der Waals surface area (Å²) in [6.45, 7) is 3.35. The van der Waals surface area contributed by atoms with Crippen molar-refractivity contribution in [2.45, 2.75) is 64.7 Å². The molecule has 2 N–H and O–H groups in total. The standard InChI is InChI=1S/C14H27N/c1-12-5-4-8-14(9-12,11-15)10-13-6-2-3-7-13/h12-13H,2-11,15H2,1H3. The van der Waals surface area contributed by atoms with Crippen LogP contribution >= 0.6 is 0 Å². The minimum atomic E-state index is 0.534. The van der Waals surface area contributed by atoms with Gasteiger partial charge in [-0.1, -0.05) is 45.4 Å². The van der Waals surface area contributed by atoms with Crippen molar-refractivity contribution in [3.05, 3.63) is 0 Å². The molecule has 0 aliphatic heterocycles. The Labute approximate surface area is 94.8 Å². The Kier molecular flexibility index (Phi) is 3.71. The second kappa shape index (κ2) is 4.86. The highest BCUT2D eigenvalue weighted by Crippen LogP contribution is 2.45. The zero-order chi connectivity index (χ0) is 10.7. The molecule has 15 heavy (non-hydrogen) atoms. The van der Waals surface area contributed by atoms with Crippen molar-refractivity contribution in [1.82, 2.24) is 0 Å². The summed E-state index contributed by atoms with van der Waals surface area (Å²) in [5, 5.41) is 0. The predicted molar refractivity (Wildman–Crippen MR) is 65.7 cm³/mol. The summed E-state index contributed by atoms with van der Waals surface area (Å²) >= 11 is 0. The van der Waals surface area contributed by atoms with E-state index >= 15 is 0 Å². The second-order valence-corrected chi connectivity index (χ2v) is 6.26. The van der Waals surface area contributed by atoms with Gasteiger partial charge in [0.25, 0.3) is 0 Å². The molecule has 2 aliphatic rings. The van der Waals surface area contributed by atoms with Gasteiger partial charge in [0.05, 0.1) is 0 Å². The molecule has 2 rings (SSSR count). The van der Waals surface area contributed by atoms with Crippen LogP contribution in [0, 0.1) is 17.3 Å². The molecule has 1 nitrogen and oxygen atoms in total. The smallest absolute Gasteiger partial charge is 0.00203 e. The van der Waals surface area contributed by atoms with E-state index in [1.54, 1.807) is 0 Å². The maximum atomic E-state index is 6.08. The molecule has 88 valence electrons. The van der Waals surface area contributed by atoms with Gasteiger partial charge in [0, 0.05) is 0 Å². The highest BCUT2D eigenvalue weighted by molar-refractivity contribution is 4.89. The molecule has 2 atom stereocenters. The van der Waals surface area contributed by atoms with Gasteiger partial charge in [0.15, 0.2) is 0 Å². The Morgan fingerprint density at radius 2 is 1.87 bits per heavy atom. The van der Waals surface area contributed by atoms with Crippen molar-refractivity contribution in [2.24, 2.45) is 23.0 Å². The molecule has 0 aromatic rings. The summed E-state index contributed by atoms with van der Waals surface area (Å²) in [4.78, 5) is 0. The fourth-order valence-corrected chi connectivity index (χ4v) is 4.05. The van der Waals surface area contributed by atoms with E-state index in [1.165, 1.54) is 57.8 Å². The lowest BCUT2D eigenvalue weighted by Gasteiger charge is -2.41. The average Bonchev–Trinajstić information content (AvgIpc) is 2.70. The first-order valence-corrected chi connectivity index (χ1v) is 6.94. The Morgan fingerprint density at radius 1 is 1.13 bits per heavy atom. The van der Waals surface area contributed by atoms with Gasteiger partial charge in [-0.25, -0.2) is 0 Å². The van der Waals surface area contributed by atoms with Crippen LogP contribution in [0.15, 0.2) is 0 Å². The summed E-state index contributed by atoms with van der Waals surface area (Å²) in [7, 11) is 0. The minimum absolute atomic E-state index is 0.534. The van der Waals surface area contributed by atoms with Crippen molar-refractivity contribution >= 4 is 0 Å². The summed E-state index contributed by atoms with van der Waals surface area (Å²) in [5.74, 6) is 1.93. The zero-order valence-corrected chi connectivity index (χ0v) is 10.3. The maximum Gasteiger partial charge on any atom is -0.00203 e. The van der Waals surface area contributed by atoms with Gasteiger partial charge in [0.2, 0.25) is 0 Å². The van der Waals surface area contributed by atoms with Gasteiger partial charge in [-0.2, -0.15) is 0 Å². The summed E-state index contributed by atoms with van der Waals surface area (Å²) in [6.07, 6.45) is 13.0. The van der Waals surface area contributed by atoms with Crippen LogP contribution in [0.1, 0.15) is 64.7 Å². The van der Waals surface area contributed by atoms with E-state index in [4.69, 9.17) is 5.73 Å². The molecule has 0 heterocycles. The Morgan fingerprint density at radius 3 is 2.47 bits per heavy atom. The molecule has 0 radical (unpaired) electrons. The van der Waals surface area contributed by atoms with Crippen molar-refractivity contribution < 1.29 is 0 Å². The molecule has 1 heteroatoms. The van der Waals surface area contributed by atoms with Gasteiger partial charge in [-0.15, -0.1) is 0 Å². The Balaban J connectivity index is 1.93. The quantitative estimate of drug-likeness (QED) is 0.753. The van der Waals surface area contributed by atoms with Crippen LogP contribution < -0.4 is 5.73 Å². The molecule has 0 aromatic heterocycles. The van der Waals surface area contributed by atoms with Crippen molar-refractivity contribution in [1.29, 1.82) is 0 Å². The Hall–Kier alpha value is -0.0400. The van der Waals surface area contributed by atoms with E-state index in [-0.39, 0.29) is 0 Å². The maximum absolute atomic E-state index is 6.08.